The zero-order chi connectivity index (χ0) is 20.8. The van der Waals surface area contributed by atoms with E-state index >= 15 is 0 Å². The maximum Gasteiger partial charge on any atom is 0.232 e. The first-order valence-electron chi connectivity index (χ1n) is 11.5. The molecule has 2 N–H and O–H groups in total. The van der Waals surface area contributed by atoms with Gasteiger partial charge in [0.2, 0.25) is 17.8 Å². The highest BCUT2D eigenvalue weighted by atomic mass is 16.5. The molecule has 1 aromatic heterocycles. The highest BCUT2D eigenvalue weighted by Crippen LogP contribution is 2.24. The number of anilines is 3. The van der Waals surface area contributed by atoms with E-state index in [1.54, 1.807) is 0 Å². The summed E-state index contributed by atoms with van der Waals surface area (Å²) < 4.78 is 11.7. The predicted octanol–water partition coefficient (Wildman–Crippen LogP) is 0.406. The first-order chi connectivity index (χ1) is 14.8. The second-order valence-corrected chi connectivity index (χ2v) is 8.01. The fourth-order valence-corrected chi connectivity index (χ4v) is 4.23. The maximum absolute atomic E-state index is 5.83. The quantitative estimate of drug-likeness (QED) is 0.646. The molecule has 10 nitrogen and oxygen atoms in total. The molecule has 0 radical (unpaired) electrons. The molecule has 4 heterocycles. The third-order valence-corrected chi connectivity index (χ3v) is 5.80. The SMILES string of the molecule is CCNC1CN(c2nc(N3CCCCC3)nc(N3CCOC(NCC)C3)n2)CCO1. The summed E-state index contributed by atoms with van der Waals surface area (Å²) in [5, 5.41) is 6.76. The van der Waals surface area contributed by atoms with Crippen molar-refractivity contribution in [2.75, 3.05) is 80.3 Å². The number of aromatic nitrogens is 3. The number of morpholine rings is 2. The van der Waals surface area contributed by atoms with Crippen molar-refractivity contribution in [2.24, 2.45) is 0 Å². The van der Waals surface area contributed by atoms with Crippen LogP contribution in [-0.4, -0.2) is 93.0 Å². The van der Waals surface area contributed by atoms with E-state index in [2.05, 4.69) is 39.2 Å². The van der Waals surface area contributed by atoms with Crippen molar-refractivity contribution < 1.29 is 9.47 Å². The van der Waals surface area contributed by atoms with Crippen LogP contribution in [0.15, 0.2) is 0 Å². The molecule has 30 heavy (non-hydrogen) atoms. The summed E-state index contributed by atoms with van der Waals surface area (Å²) in [5.74, 6) is 2.30. The van der Waals surface area contributed by atoms with Crippen LogP contribution in [0.4, 0.5) is 17.8 Å². The molecule has 3 aliphatic heterocycles. The topological polar surface area (TPSA) is 90.9 Å². The summed E-state index contributed by atoms with van der Waals surface area (Å²) in [6.45, 7) is 12.3. The molecule has 4 rings (SSSR count). The smallest absolute Gasteiger partial charge is 0.232 e. The molecule has 1 aromatic rings. The van der Waals surface area contributed by atoms with Crippen molar-refractivity contribution in [3.8, 4) is 0 Å². The standard InChI is InChI=1S/C20H36N8O2/c1-3-21-16-14-27(10-12-29-16)19-23-18(26-8-6-5-7-9-26)24-20(25-19)28-11-13-30-17(15-28)22-4-2/h16-17,21-22H,3-15H2,1-2H3. The Bertz CT molecular complexity index is 624. The Morgan fingerprint density at radius 2 is 1.17 bits per heavy atom. The number of likely N-dealkylation sites (N-methyl/N-ethyl adjacent to an activating group) is 2. The van der Waals surface area contributed by atoms with Crippen molar-refractivity contribution in [1.29, 1.82) is 0 Å². The van der Waals surface area contributed by atoms with E-state index in [-0.39, 0.29) is 12.5 Å². The molecule has 10 heteroatoms. The third kappa shape index (κ3) is 5.29. The van der Waals surface area contributed by atoms with E-state index in [4.69, 9.17) is 24.4 Å². The van der Waals surface area contributed by atoms with Crippen molar-refractivity contribution in [3.05, 3.63) is 0 Å². The third-order valence-electron chi connectivity index (χ3n) is 5.80. The van der Waals surface area contributed by atoms with Crippen LogP contribution in [0.2, 0.25) is 0 Å². The van der Waals surface area contributed by atoms with Crippen LogP contribution < -0.4 is 25.3 Å². The van der Waals surface area contributed by atoms with Gasteiger partial charge in [0.25, 0.3) is 0 Å². The molecule has 0 aliphatic carbocycles. The van der Waals surface area contributed by atoms with E-state index in [0.717, 1.165) is 70.2 Å². The van der Waals surface area contributed by atoms with Gasteiger partial charge >= 0.3 is 0 Å². The van der Waals surface area contributed by atoms with Gasteiger partial charge < -0.3 is 24.2 Å². The van der Waals surface area contributed by atoms with Crippen LogP contribution in [-0.2, 0) is 9.47 Å². The van der Waals surface area contributed by atoms with Gasteiger partial charge in [-0.15, -0.1) is 0 Å². The Kier molecular flexibility index (Phi) is 7.53. The molecular formula is C20H36N8O2. The highest BCUT2D eigenvalue weighted by molar-refractivity contribution is 5.47. The molecular weight excluding hydrogens is 384 g/mol. The van der Waals surface area contributed by atoms with Gasteiger partial charge in [-0.2, -0.15) is 15.0 Å². The Labute approximate surface area is 179 Å². The van der Waals surface area contributed by atoms with Gasteiger partial charge in [-0.25, -0.2) is 0 Å². The van der Waals surface area contributed by atoms with Crippen LogP contribution in [0.25, 0.3) is 0 Å². The average Bonchev–Trinajstić information content (AvgIpc) is 2.80. The minimum Gasteiger partial charge on any atom is -0.360 e. The molecule has 168 valence electrons. The van der Waals surface area contributed by atoms with Crippen molar-refractivity contribution in [3.63, 3.8) is 0 Å². The van der Waals surface area contributed by atoms with Gasteiger partial charge in [0, 0.05) is 26.2 Å². The molecule has 2 atom stereocenters. The summed E-state index contributed by atoms with van der Waals surface area (Å²) in [6, 6.07) is 0. The minimum atomic E-state index is 0.00363. The van der Waals surface area contributed by atoms with E-state index < -0.39 is 0 Å². The summed E-state index contributed by atoms with van der Waals surface area (Å²) in [6.07, 6.45) is 3.67. The zero-order valence-corrected chi connectivity index (χ0v) is 18.3. The second kappa shape index (κ2) is 10.5. The highest BCUT2D eigenvalue weighted by Gasteiger charge is 2.27. The predicted molar refractivity (Wildman–Crippen MR) is 117 cm³/mol. The lowest BCUT2D eigenvalue weighted by molar-refractivity contribution is 0.0184. The van der Waals surface area contributed by atoms with Crippen LogP contribution in [0.5, 0.6) is 0 Å². The molecule has 2 unspecified atom stereocenters. The number of nitrogens with zero attached hydrogens (tertiary/aromatic N) is 6. The largest absolute Gasteiger partial charge is 0.360 e. The van der Waals surface area contributed by atoms with Gasteiger partial charge in [-0.1, -0.05) is 13.8 Å². The fraction of sp³-hybridized carbons (Fsp3) is 0.850. The lowest BCUT2D eigenvalue weighted by Crippen LogP contribution is -2.51. The Balaban J connectivity index is 1.59. The molecule has 0 spiro atoms. The summed E-state index contributed by atoms with van der Waals surface area (Å²) >= 11 is 0. The molecule has 0 saturated carbocycles. The van der Waals surface area contributed by atoms with E-state index in [1.807, 2.05) is 0 Å². The molecule has 3 saturated heterocycles. The first kappa shape index (κ1) is 21.5. The normalized spacial score (nSPS) is 25.6. The number of piperidine rings is 1. The second-order valence-electron chi connectivity index (χ2n) is 8.01. The summed E-state index contributed by atoms with van der Waals surface area (Å²) in [7, 11) is 0. The Hall–Kier alpha value is -1.75. The van der Waals surface area contributed by atoms with Crippen LogP contribution in [0.1, 0.15) is 33.1 Å². The van der Waals surface area contributed by atoms with Crippen LogP contribution in [0, 0.1) is 0 Å². The fourth-order valence-electron chi connectivity index (χ4n) is 4.23. The lowest BCUT2D eigenvalue weighted by atomic mass is 10.1. The number of hydrogen-bond donors (Lipinski definition) is 2. The molecule has 3 aliphatic rings. The van der Waals surface area contributed by atoms with Gasteiger partial charge in [0.15, 0.2) is 0 Å². The van der Waals surface area contributed by atoms with Crippen LogP contribution in [0.3, 0.4) is 0 Å². The van der Waals surface area contributed by atoms with Gasteiger partial charge in [-0.3, -0.25) is 10.6 Å². The van der Waals surface area contributed by atoms with E-state index in [1.165, 1.54) is 19.3 Å². The number of rotatable bonds is 7. The van der Waals surface area contributed by atoms with Crippen molar-refractivity contribution >= 4 is 17.8 Å². The van der Waals surface area contributed by atoms with Crippen molar-refractivity contribution in [2.45, 2.75) is 45.6 Å². The van der Waals surface area contributed by atoms with Gasteiger partial charge in [0.05, 0.1) is 26.3 Å². The summed E-state index contributed by atoms with van der Waals surface area (Å²) in [5.41, 5.74) is 0. The molecule has 0 aromatic carbocycles. The van der Waals surface area contributed by atoms with E-state index in [0.29, 0.717) is 13.2 Å². The average molecular weight is 421 g/mol. The maximum atomic E-state index is 5.83. The van der Waals surface area contributed by atoms with Crippen LogP contribution >= 0.6 is 0 Å². The Morgan fingerprint density at radius 3 is 1.63 bits per heavy atom. The molecule has 0 amide bonds. The molecule has 0 bridgehead atoms. The Morgan fingerprint density at radius 1 is 0.700 bits per heavy atom. The van der Waals surface area contributed by atoms with Gasteiger partial charge in [0.1, 0.15) is 12.5 Å². The van der Waals surface area contributed by atoms with Crippen molar-refractivity contribution in [1.82, 2.24) is 25.6 Å². The first-order valence-corrected chi connectivity index (χ1v) is 11.5. The number of ether oxygens (including phenoxy) is 2. The number of hydrogen-bond acceptors (Lipinski definition) is 10. The van der Waals surface area contributed by atoms with E-state index in [9.17, 15) is 0 Å². The molecule has 3 fully saturated rings. The zero-order valence-electron chi connectivity index (χ0n) is 18.3. The summed E-state index contributed by atoms with van der Waals surface area (Å²) in [4.78, 5) is 21.4. The monoisotopic (exact) mass is 420 g/mol. The minimum absolute atomic E-state index is 0.00363. The number of nitrogens with one attached hydrogen (secondary N) is 2. The van der Waals surface area contributed by atoms with Gasteiger partial charge in [-0.05, 0) is 32.4 Å². The lowest BCUT2D eigenvalue weighted by Gasteiger charge is -2.36.